The SMILES string of the molecule is O=C(CC1(O)CNC1)Nc1ccc(F)c(Cl)c1. The summed E-state index contributed by atoms with van der Waals surface area (Å²) in [5.74, 6) is -0.858. The van der Waals surface area contributed by atoms with Gasteiger partial charge in [0.1, 0.15) is 5.82 Å². The Morgan fingerprint density at radius 1 is 1.59 bits per heavy atom. The van der Waals surface area contributed by atoms with Crippen LogP contribution >= 0.6 is 11.6 Å². The maximum atomic E-state index is 12.9. The lowest BCUT2D eigenvalue weighted by molar-refractivity contribution is -0.123. The highest BCUT2D eigenvalue weighted by Gasteiger charge is 2.36. The van der Waals surface area contributed by atoms with Crippen molar-refractivity contribution < 1.29 is 14.3 Å². The van der Waals surface area contributed by atoms with Crippen molar-refractivity contribution in [2.75, 3.05) is 18.4 Å². The van der Waals surface area contributed by atoms with Gasteiger partial charge in [0.2, 0.25) is 5.91 Å². The van der Waals surface area contributed by atoms with Crippen LogP contribution in [0.4, 0.5) is 10.1 Å². The number of carbonyl (C=O) groups excluding carboxylic acids is 1. The van der Waals surface area contributed by atoms with Gasteiger partial charge in [0.25, 0.3) is 0 Å². The summed E-state index contributed by atoms with van der Waals surface area (Å²) in [6.45, 7) is 0.815. The van der Waals surface area contributed by atoms with Crippen LogP contribution in [-0.4, -0.2) is 29.7 Å². The molecule has 3 N–H and O–H groups in total. The van der Waals surface area contributed by atoms with Crippen molar-refractivity contribution in [1.82, 2.24) is 5.32 Å². The third-order valence-electron chi connectivity index (χ3n) is 2.60. The number of amides is 1. The van der Waals surface area contributed by atoms with E-state index in [1.165, 1.54) is 18.2 Å². The van der Waals surface area contributed by atoms with Gasteiger partial charge in [0, 0.05) is 18.8 Å². The quantitative estimate of drug-likeness (QED) is 0.762. The van der Waals surface area contributed by atoms with E-state index in [4.69, 9.17) is 11.6 Å². The monoisotopic (exact) mass is 258 g/mol. The van der Waals surface area contributed by atoms with Gasteiger partial charge in [-0.3, -0.25) is 4.79 Å². The Balaban J connectivity index is 1.95. The van der Waals surface area contributed by atoms with Gasteiger partial charge >= 0.3 is 0 Å². The standard InChI is InChI=1S/C11H12ClFN2O2/c12-8-3-7(1-2-9(8)13)15-10(16)4-11(17)5-14-6-11/h1-3,14,17H,4-6H2,(H,15,16). The minimum atomic E-state index is -0.964. The minimum Gasteiger partial charge on any atom is -0.387 e. The van der Waals surface area contributed by atoms with E-state index >= 15 is 0 Å². The number of halogens is 2. The zero-order chi connectivity index (χ0) is 12.5. The molecular formula is C11H12ClFN2O2. The molecule has 6 heteroatoms. The van der Waals surface area contributed by atoms with Gasteiger partial charge in [-0.25, -0.2) is 4.39 Å². The second kappa shape index (κ2) is 4.60. The maximum absolute atomic E-state index is 12.9. The Bertz CT molecular complexity index is 449. The Kier molecular flexibility index (Phi) is 3.33. The molecule has 92 valence electrons. The molecule has 0 unspecified atom stereocenters. The van der Waals surface area contributed by atoms with Crippen LogP contribution in [0.25, 0.3) is 0 Å². The summed E-state index contributed by atoms with van der Waals surface area (Å²) in [6, 6.07) is 3.93. The van der Waals surface area contributed by atoms with Crippen molar-refractivity contribution in [3.05, 3.63) is 29.0 Å². The van der Waals surface area contributed by atoms with Gasteiger partial charge in [-0.05, 0) is 18.2 Å². The average molecular weight is 259 g/mol. The molecule has 1 fully saturated rings. The average Bonchev–Trinajstić information content (AvgIpc) is 2.21. The second-order valence-electron chi connectivity index (χ2n) is 4.18. The first kappa shape index (κ1) is 12.3. The lowest BCUT2D eigenvalue weighted by atomic mass is 9.93. The van der Waals surface area contributed by atoms with Gasteiger partial charge in [-0.2, -0.15) is 0 Å². The van der Waals surface area contributed by atoms with Crippen molar-refractivity contribution >= 4 is 23.2 Å². The highest BCUT2D eigenvalue weighted by molar-refractivity contribution is 6.31. The largest absolute Gasteiger partial charge is 0.387 e. The van der Waals surface area contributed by atoms with Gasteiger partial charge in [-0.1, -0.05) is 11.6 Å². The fourth-order valence-corrected chi connectivity index (χ4v) is 1.80. The molecule has 1 aromatic rings. The van der Waals surface area contributed by atoms with Crippen molar-refractivity contribution in [2.24, 2.45) is 0 Å². The number of aliphatic hydroxyl groups is 1. The van der Waals surface area contributed by atoms with Crippen LogP contribution in [0.2, 0.25) is 5.02 Å². The van der Waals surface area contributed by atoms with Crippen molar-refractivity contribution in [2.45, 2.75) is 12.0 Å². The van der Waals surface area contributed by atoms with E-state index < -0.39 is 11.4 Å². The van der Waals surface area contributed by atoms with Crippen molar-refractivity contribution in [3.8, 4) is 0 Å². The number of anilines is 1. The molecule has 1 heterocycles. The first-order chi connectivity index (χ1) is 7.98. The normalized spacial score (nSPS) is 17.4. The van der Waals surface area contributed by atoms with E-state index in [1.54, 1.807) is 0 Å². The number of hydrogen-bond donors (Lipinski definition) is 3. The molecule has 0 saturated carbocycles. The maximum Gasteiger partial charge on any atom is 0.227 e. The van der Waals surface area contributed by atoms with Crippen LogP contribution in [0.15, 0.2) is 18.2 Å². The minimum absolute atomic E-state index is 0.00892. The van der Waals surface area contributed by atoms with Crippen LogP contribution < -0.4 is 10.6 Å². The zero-order valence-corrected chi connectivity index (χ0v) is 9.72. The highest BCUT2D eigenvalue weighted by Crippen LogP contribution is 2.21. The molecule has 1 aliphatic rings. The number of rotatable bonds is 3. The fraction of sp³-hybridized carbons (Fsp3) is 0.364. The first-order valence-corrected chi connectivity index (χ1v) is 5.54. The van der Waals surface area contributed by atoms with Crippen molar-refractivity contribution in [1.29, 1.82) is 0 Å². The van der Waals surface area contributed by atoms with Crippen LogP contribution in [0, 0.1) is 5.82 Å². The fourth-order valence-electron chi connectivity index (χ4n) is 1.62. The van der Waals surface area contributed by atoms with E-state index in [9.17, 15) is 14.3 Å². The summed E-state index contributed by atoms with van der Waals surface area (Å²) in [4.78, 5) is 11.6. The van der Waals surface area contributed by atoms with E-state index in [0.717, 1.165) is 0 Å². The third kappa shape index (κ3) is 2.94. The summed E-state index contributed by atoms with van der Waals surface area (Å²) < 4.78 is 12.9. The lowest BCUT2D eigenvalue weighted by Gasteiger charge is -2.36. The molecule has 1 aromatic carbocycles. The van der Waals surface area contributed by atoms with Crippen molar-refractivity contribution in [3.63, 3.8) is 0 Å². The van der Waals surface area contributed by atoms with Gasteiger partial charge in [0.05, 0.1) is 17.0 Å². The molecule has 0 bridgehead atoms. The van der Waals surface area contributed by atoms with E-state index in [1.807, 2.05) is 0 Å². The Morgan fingerprint density at radius 2 is 2.29 bits per heavy atom. The predicted molar refractivity (Wildman–Crippen MR) is 62.5 cm³/mol. The molecule has 1 aliphatic heterocycles. The van der Waals surface area contributed by atoms with Gasteiger partial charge < -0.3 is 15.7 Å². The van der Waals surface area contributed by atoms with Gasteiger partial charge in [0.15, 0.2) is 0 Å². The molecule has 1 amide bonds. The molecule has 0 aromatic heterocycles. The summed E-state index contributed by atoms with van der Waals surface area (Å²) in [7, 11) is 0. The summed E-state index contributed by atoms with van der Waals surface area (Å²) in [6.07, 6.45) is 0.00892. The Labute approximate surface area is 103 Å². The van der Waals surface area contributed by atoms with Crippen LogP contribution in [0.1, 0.15) is 6.42 Å². The number of β-amino-alcohol motifs (C(OH)–C–C–N with tert-alkyl or cyclic N) is 1. The number of hydrogen-bond acceptors (Lipinski definition) is 3. The number of carbonyl (C=O) groups is 1. The molecule has 4 nitrogen and oxygen atoms in total. The summed E-state index contributed by atoms with van der Waals surface area (Å²) in [5.41, 5.74) is -0.550. The van der Waals surface area contributed by atoms with E-state index in [0.29, 0.717) is 18.8 Å². The Morgan fingerprint density at radius 3 is 2.82 bits per heavy atom. The highest BCUT2D eigenvalue weighted by atomic mass is 35.5. The zero-order valence-electron chi connectivity index (χ0n) is 8.96. The molecular weight excluding hydrogens is 247 g/mol. The summed E-state index contributed by atoms with van der Waals surface area (Å²) >= 11 is 5.58. The second-order valence-corrected chi connectivity index (χ2v) is 4.59. The molecule has 1 saturated heterocycles. The molecule has 0 atom stereocenters. The topological polar surface area (TPSA) is 61.4 Å². The number of benzene rings is 1. The molecule has 0 spiro atoms. The lowest BCUT2D eigenvalue weighted by Crippen LogP contribution is -2.60. The summed E-state index contributed by atoms with van der Waals surface area (Å²) in [5, 5.41) is 15.1. The third-order valence-corrected chi connectivity index (χ3v) is 2.89. The molecule has 0 aliphatic carbocycles. The van der Waals surface area contributed by atoms with Gasteiger partial charge in [-0.15, -0.1) is 0 Å². The first-order valence-electron chi connectivity index (χ1n) is 5.17. The van der Waals surface area contributed by atoms with Crippen LogP contribution in [0.5, 0.6) is 0 Å². The Hall–Kier alpha value is -1.17. The molecule has 2 rings (SSSR count). The molecule has 17 heavy (non-hydrogen) atoms. The predicted octanol–water partition coefficient (Wildman–Crippen LogP) is 1.14. The number of nitrogens with one attached hydrogen (secondary N) is 2. The van der Waals surface area contributed by atoms with Crippen LogP contribution in [0.3, 0.4) is 0 Å². The van der Waals surface area contributed by atoms with E-state index in [2.05, 4.69) is 10.6 Å². The van der Waals surface area contributed by atoms with E-state index in [-0.39, 0.29) is 17.4 Å². The van der Waals surface area contributed by atoms with Crippen LogP contribution in [-0.2, 0) is 4.79 Å². The molecule has 0 radical (unpaired) electrons. The smallest absolute Gasteiger partial charge is 0.227 e.